The van der Waals surface area contributed by atoms with Crippen molar-refractivity contribution in [3.05, 3.63) is 75.3 Å². The van der Waals surface area contributed by atoms with Crippen LogP contribution in [0.3, 0.4) is 0 Å². The number of nitriles is 1. The average molecular weight is 376 g/mol. The maximum absolute atomic E-state index is 12.0. The molecule has 27 heavy (non-hydrogen) atoms. The molecule has 0 aliphatic carbocycles. The van der Waals surface area contributed by atoms with Crippen molar-refractivity contribution in [2.24, 2.45) is 11.5 Å². The number of hydrogen-bond acceptors (Lipinski definition) is 7. The fourth-order valence-corrected chi connectivity index (χ4v) is 3.13. The number of thiol groups is 1. The molecule has 0 amide bonds. The summed E-state index contributed by atoms with van der Waals surface area (Å²) in [5, 5.41) is 25.4. The molecule has 0 radical (unpaired) electrons. The first-order valence-electron chi connectivity index (χ1n) is 7.96. The number of rotatable bonds is 4. The molecule has 0 saturated carbocycles. The Kier molecular flexibility index (Phi) is 5.07. The van der Waals surface area contributed by atoms with Crippen LogP contribution in [0.2, 0.25) is 0 Å². The molecule has 0 atom stereocenters. The summed E-state index contributed by atoms with van der Waals surface area (Å²) in [4.78, 5) is 12.5. The van der Waals surface area contributed by atoms with Gasteiger partial charge >= 0.3 is 0 Å². The van der Waals surface area contributed by atoms with E-state index < -0.39 is 0 Å². The molecule has 0 unspecified atom stereocenters. The second-order valence-corrected chi connectivity index (χ2v) is 6.21. The Hall–Kier alpha value is -3.41. The highest BCUT2D eigenvalue weighted by molar-refractivity contribution is 7.80. The Bertz CT molecular complexity index is 1190. The number of H-pyrrole nitrogens is 1. The smallest absolute Gasteiger partial charge is 0.272 e. The number of aromatic amines is 1. The summed E-state index contributed by atoms with van der Waals surface area (Å²) in [7, 11) is 0. The van der Waals surface area contributed by atoms with E-state index in [9.17, 15) is 10.1 Å². The third-order valence-corrected chi connectivity index (χ3v) is 4.60. The Morgan fingerprint density at radius 1 is 1.33 bits per heavy atom. The number of aromatic nitrogens is 2. The van der Waals surface area contributed by atoms with Gasteiger partial charge in [0.2, 0.25) is 0 Å². The van der Waals surface area contributed by atoms with Crippen molar-refractivity contribution in [2.45, 2.75) is 11.4 Å². The Morgan fingerprint density at radius 2 is 2.11 bits per heavy atom. The lowest BCUT2D eigenvalue weighted by atomic mass is 9.92. The molecule has 0 aliphatic rings. The van der Waals surface area contributed by atoms with E-state index in [4.69, 9.17) is 16.9 Å². The van der Waals surface area contributed by atoms with E-state index in [2.05, 4.69) is 28.9 Å². The number of hydrogen-bond donors (Lipinski definition) is 5. The fraction of sp³-hybridized carbons (Fsp3) is 0.0526. The molecule has 8 heteroatoms. The largest absolute Gasteiger partial charge is 0.404 e. The van der Waals surface area contributed by atoms with Gasteiger partial charge in [0.1, 0.15) is 6.07 Å². The van der Waals surface area contributed by atoms with E-state index >= 15 is 0 Å². The Morgan fingerprint density at radius 3 is 2.78 bits per heavy atom. The molecule has 0 bridgehead atoms. The Balaban J connectivity index is 2.18. The van der Waals surface area contributed by atoms with Crippen LogP contribution in [0.5, 0.6) is 0 Å². The summed E-state index contributed by atoms with van der Waals surface area (Å²) < 4.78 is 0. The molecular weight excluding hydrogens is 360 g/mol. The molecule has 0 spiro atoms. The summed E-state index contributed by atoms with van der Waals surface area (Å²) in [6.07, 6.45) is 1.30. The third kappa shape index (κ3) is 3.21. The molecular formula is C19H16N6OS. The molecule has 134 valence electrons. The highest BCUT2D eigenvalue weighted by atomic mass is 32.1. The quantitative estimate of drug-likeness (QED) is 0.349. The molecule has 3 aromatic rings. The monoisotopic (exact) mass is 376 g/mol. The predicted octanol–water partition coefficient (Wildman–Crippen LogP) is 1.91. The van der Waals surface area contributed by atoms with Crippen LogP contribution < -0.4 is 17.0 Å². The first-order valence-corrected chi connectivity index (χ1v) is 8.41. The molecule has 0 fully saturated rings. The maximum atomic E-state index is 12.0. The van der Waals surface area contributed by atoms with E-state index in [0.29, 0.717) is 43.6 Å². The zero-order valence-electron chi connectivity index (χ0n) is 14.2. The van der Waals surface area contributed by atoms with Crippen LogP contribution in [0.1, 0.15) is 22.4 Å². The van der Waals surface area contributed by atoms with Crippen molar-refractivity contribution in [1.82, 2.24) is 10.2 Å². The van der Waals surface area contributed by atoms with Crippen molar-refractivity contribution in [3.8, 4) is 6.07 Å². The van der Waals surface area contributed by atoms with Gasteiger partial charge in [-0.2, -0.15) is 10.4 Å². The number of fused-ring (bicyclic) bond motifs is 1. The first kappa shape index (κ1) is 18.4. The highest BCUT2D eigenvalue weighted by Crippen LogP contribution is 2.26. The molecule has 0 saturated heterocycles. The SMILES string of the molecule is N#Cc1c(S)cccc1C(=N)/C(=C\N)c1ccc2c(=O)[nH]nc(CN)c2c1. The van der Waals surface area contributed by atoms with Crippen molar-refractivity contribution in [1.29, 1.82) is 10.7 Å². The standard InChI is InChI=1S/C19H16N6OS/c20-7-14(18(23)11-2-1-3-17(27)15(11)8-21)10-4-5-12-13(6-10)16(9-22)24-25-19(12)26/h1-7,23,27H,9,20,22H2,(H,25,26)/b14-7-,23-18?. The van der Waals surface area contributed by atoms with E-state index in [-0.39, 0.29) is 17.8 Å². The van der Waals surface area contributed by atoms with Crippen molar-refractivity contribution in [2.75, 3.05) is 0 Å². The average Bonchev–Trinajstić information content (AvgIpc) is 2.68. The van der Waals surface area contributed by atoms with Crippen LogP contribution in [0, 0.1) is 16.7 Å². The summed E-state index contributed by atoms with van der Waals surface area (Å²) in [5.41, 5.74) is 13.6. The van der Waals surface area contributed by atoms with Crippen LogP contribution >= 0.6 is 12.6 Å². The summed E-state index contributed by atoms with van der Waals surface area (Å²) >= 11 is 4.28. The second-order valence-electron chi connectivity index (χ2n) is 5.73. The van der Waals surface area contributed by atoms with Gasteiger partial charge in [-0.1, -0.05) is 18.2 Å². The third-order valence-electron chi connectivity index (χ3n) is 4.23. The van der Waals surface area contributed by atoms with Crippen LogP contribution in [-0.4, -0.2) is 15.9 Å². The van der Waals surface area contributed by atoms with Crippen molar-refractivity contribution >= 4 is 34.7 Å². The van der Waals surface area contributed by atoms with Gasteiger partial charge in [-0.25, -0.2) is 5.10 Å². The van der Waals surface area contributed by atoms with E-state index in [1.165, 1.54) is 6.20 Å². The second kappa shape index (κ2) is 7.45. The summed E-state index contributed by atoms with van der Waals surface area (Å²) in [6, 6.07) is 12.2. The lowest BCUT2D eigenvalue weighted by Gasteiger charge is -2.13. The van der Waals surface area contributed by atoms with E-state index in [1.54, 1.807) is 36.4 Å². The van der Waals surface area contributed by atoms with Gasteiger partial charge in [0.05, 0.1) is 22.4 Å². The number of nitrogens with one attached hydrogen (secondary N) is 2. The lowest BCUT2D eigenvalue weighted by molar-refractivity contribution is 0.900. The minimum atomic E-state index is -0.323. The maximum Gasteiger partial charge on any atom is 0.272 e. The predicted molar refractivity (Wildman–Crippen MR) is 108 cm³/mol. The minimum Gasteiger partial charge on any atom is -0.404 e. The van der Waals surface area contributed by atoms with Crippen molar-refractivity contribution in [3.63, 3.8) is 0 Å². The lowest BCUT2D eigenvalue weighted by Crippen LogP contribution is -2.14. The fourth-order valence-electron chi connectivity index (χ4n) is 2.88. The number of nitrogens with zero attached hydrogens (tertiary/aromatic N) is 2. The van der Waals surface area contributed by atoms with Gasteiger partial charge in [-0.05, 0) is 23.8 Å². The molecule has 0 aliphatic heterocycles. The molecule has 1 aromatic heterocycles. The molecule has 3 rings (SSSR count). The van der Waals surface area contributed by atoms with Gasteiger partial charge < -0.3 is 11.5 Å². The van der Waals surface area contributed by atoms with Gasteiger partial charge in [-0.15, -0.1) is 12.6 Å². The molecule has 6 N–H and O–H groups in total. The minimum absolute atomic E-state index is 0.0800. The molecule has 2 aromatic carbocycles. The summed E-state index contributed by atoms with van der Waals surface area (Å²) in [6.45, 7) is 0.149. The van der Waals surface area contributed by atoms with E-state index in [0.717, 1.165) is 0 Å². The number of allylic oxidation sites excluding steroid dienone is 1. The van der Waals surface area contributed by atoms with Gasteiger partial charge in [0.15, 0.2) is 0 Å². The number of nitrogens with two attached hydrogens (primary N) is 2. The van der Waals surface area contributed by atoms with Crippen LogP contribution in [-0.2, 0) is 6.54 Å². The van der Waals surface area contributed by atoms with Crippen LogP contribution in [0.15, 0.2) is 52.3 Å². The zero-order chi connectivity index (χ0) is 19.6. The summed E-state index contributed by atoms with van der Waals surface area (Å²) in [5.74, 6) is 0. The highest BCUT2D eigenvalue weighted by Gasteiger charge is 2.17. The van der Waals surface area contributed by atoms with Gasteiger partial charge in [-0.3, -0.25) is 10.2 Å². The van der Waals surface area contributed by atoms with Crippen LogP contribution in [0.25, 0.3) is 16.3 Å². The van der Waals surface area contributed by atoms with Crippen LogP contribution in [0.4, 0.5) is 0 Å². The van der Waals surface area contributed by atoms with E-state index in [1.807, 2.05) is 0 Å². The van der Waals surface area contributed by atoms with Gasteiger partial charge in [0.25, 0.3) is 5.56 Å². The topological polar surface area (TPSA) is 145 Å². The number of benzene rings is 2. The first-order chi connectivity index (χ1) is 13.0. The Labute approximate surface area is 160 Å². The zero-order valence-corrected chi connectivity index (χ0v) is 15.0. The molecule has 7 nitrogen and oxygen atoms in total. The van der Waals surface area contributed by atoms with Crippen molar-refractivity contribution < 1.29 is 0 Å². The van der Waals surface area contributed by atoms with Gasteiger partial charge in [0, 0.05) is 34.2 Å². The normalized spacial score (nSPS) is 11.4. The molecule has 1 heterocycles.